The van der Waals surface area contributed by atoms with E-state index in [1.807, 2.05) is 56.3 Å². The number of ether oxygens (including phenoxy) is 1. The van der Waals surface area contributed by atoms with Gasteiger partial charge < -0.3 is 4.74 Å². The molecule has 0 unspecified atom stereocenters. The summed E-state index contributed by atoms with van der Waals surface area (Å²) in [6.45, 7) is 4.37. The van der Waals surface area contributed by atoms with Crippen LogP contribution in [0.3, 0.4) is 0 Å². The van der Waals surface area contributed by atoms with Crippen molar-refractivity contribution in [3.63, 3.8) is 0 Å². The minimum absolute atomic E-state index is 0.0186. The van der Waals surface area contributed by atoms with Crippen LogP contribution in [0.4, 0.5) is 0 Å². The Morgan fingerprint density at radius 2 is 1.68 bits per heavy atom. The highest BCUT2D eigenvalue weighted by molar-refractivity contribution is 7.88. The molecule has 22 heavy (non-hydrogen) atoms. The van der Waals surface area contributed by atoms with E-state index in [1.54, 1.807) is 12.1 Å². The van der Waals surface area contributed by atoms with Crippen LogP contribution in [-0.4, -0.2) is 15.0 Å². The van der Waals surface area contributed by atoms with Crippen molar-refractivity contribution in [1.82, 2.24) is 4.72 Å². The van der Waals surface area contributed by atoms with Gasteiger partial charge in [0.25, 0.3) is 0 Å². The average molecular weight is 319 g/mol. The zero-order valence-corrected chi connectivity index (χ0v) is 13.6. The molecule has 0 saturated carbocycles. The summed E-state index contributed by atoms with van der Waals surface area (Å²) in [6, 6.07) is 16.3. The van der Waals surface area contributed by atoms with Crippen LogP contribution in [0.25, 0.3) is 0 Å². The van der Waals surface area contributed by atoms with Crippen LogP contribution in [0.2, 0.25) is 0 Å². The van der Waals surface area contributed by atoms with E-state index in [1.165, 1.54) is 0 Å². The molecule has 1 N–H and O–H groups in total. The van der Waals surface area contributed by atoms with E-state index in [0.717, 1.165) is 16.9 Å². The van der Waals surface area contributed by atoms with Crippen LogP contribution in [0, 0.1) is 0 Å². The highest BCUT2D eigenvalue weighted by atomic mass is 32.2. The average Bonchev–Trinajstić information content (AvgIpc) is 2.48. The predicted octanol–water partition coefficient (Wildman–Crippen LogP) is 3.27. The SMILES string of the molecule is CCOc1ccc([C@@H](C)NS(=O)(=O)Cc2ccccc2)cc1. The van der Waals surface area contributed by atoms with Gasteiger partial charge in [-0.05, 0) is 37.1 Å². The first-order valence-electron chi connectivity index (χ1n) is 7.27. The fourth-order valence-electron chi connectivity index (χ4n) is 2.19. The minimum Gasteiger partial charge on any atom is -0.494 e. The van der Waals surface area contributed by atoms with Crippen molar-refractivity contribution >= 4 is 10.0 Å². The first-order chi connectivity index (χ1) is 10.5. The normalized spacial score (nSPS) is 12.8. The lowest BCUT2D eigenvalue weighted by atomic mass is 10.1. The number of hydrogen-bond donors (Lipinski definition) is 1. The van der Waals surface area contributed by atoms with Gasteiger partial charge in [0, 0.05) is 6.04 Å². The Balaban J connectivity index is 2.02. The van der Waals surface area contributed by atoms with E-state index >= 15 is 0 Å². The molecule has 0 aliphatic heterocycles. The van der Waals surface area contributed by atoms with E-state index < -0.39 is 10.0 Å². The molecule has 1 atom stereocenters. The van der Waals surface area contributed by atoms with Gasteiger partial charge in [0.1, 0.15) is 5.75 Å². The lowest BCUT2D eigenvalue weighted by Gasteiger charge is -2.15. The Bertz CT molecular complexity index is 682. The van der Waals surface area contributed by atoms with Crippen LogP contribution in [0.5, 0.6) is 5.75 Å². The third-order valence-electron chi connectivity index (χ3n) is 3.25. The van der Waals surface area contributed by atoms with Gasteiger partial charge in [-0.25, -0.2) is 13.1 Å². The maximum absolute atomic E-state index is 12.2. The van der Waals surface area contributed by atoms with Crippen molar-refractivity contribution in [2.45, 2.75) is 25.6 Å². The molecule has 4 nitrogen and oxygen atoms in total. The van der Waals surface area contributed by atoms with Crippen LogP contribution >= 0.6 is 0 Å². The fraction of sp³-hybridized carbons (Fsp3) is 0.294. The van der Waals surface area contributed by atoms with Crippen molar-refractivity contribution in [1.29, 1.82) is 0 Å². The molecule has 0 aliphatic rings. The third-order valence-corrected chi connectivity index (χ3v) is 4.67. The summed E-state index contributed by atoms with van der Waals surface area (Å²) in [7, 11) is -3.38. The van der Waals surface area contributed by atoms with Crippen LogP contribution in [-0.2, 0) is 15.8 Å². The molecule has 2 aromatic carbocycles. The summed E-state index contributed by atoms with van der Waals surface area (Å²) in [5.74, 6) is 0.764. The monoisotopic (exact) mass is 319 g/mol. The summed E-state index contributed by atoms with van der Waals surface area (Å²) >= 11 is 0. The maximum Gasteiger partial charge on any atom is 0.216 e. The number of hydrogen-bond acceptors (Lipinski definition) is 3. The fourth-order valence-corrected chi connectivity index (χ4v) is 3.58. The molecule has 5 heteroatoms. The van der Waals surface area contributed by atoms with Crippen LogP contribution in [0.15, 0.2) is 54.6 Å². The summed E-state index contributed by atoms with van der Waals surface area (Å²) in [6.07, 6.45) is 0. The van der Waals surface area contributed by atoms with Gasteiger partial charge in [-0.1, -0.05) is 42.5 Å². The zero-order chi connectivity index (χ0) is 16.0. The van der Waals surface area contributed by atoms with Gasteiger partial charge in [0.15, 0.2) is 0 Å². The van der Waals surface area contributed by atoms with Crippen molar-refractivity contribution in [3.8, 4) is 5.75 Å². The summed E-state index contributed by atoms with van der Waals surface area (Å²) in [5.41, 5.74) is 1.67. The highest BCUT2D eigenvalue weighted by Gasteiger charge is 2.16. The Morgan fingerprint density at radius 3 is 2.27 bits per heavy atom. The largest absolute Gasteiger partial charge is 0.494 e. The predicted molar refractivity (Wildman–Crippen MR) is 88.2 cm³/mol. The molecular formula is C17H21NO3S. The van der Waals surface area contributed by atoms with Crippen molar-refractivity contribution in [3.05, 3.63) is 65.7 Å². The molecule has 0 radical (unpaired) electrons. The molecule has 0 fully saturated rings. The topological polar surface area (TPSA) is 55.4 Å². The first kappa shape index (κ1) is 16.5. The van der Waals surface area contributed by atoms with E-state index in [-0.39, 0.29) is 11.8 Å². The zero-order valence-electron chi connectivity index (χ0n) is 12.8. The maximum atomic E-state index is 12.2. The lowest BCUT2D eigenvalue weighted by Crippen LogP contribution is -2.28. The van der Waals surface area contributed by atoms with Crippen molar-refractivity contribution in [2.24, 2.45) is 0 Å². The van der Waals surface area contributed by atoms with Crippen molar-refractivity contribution < 1.29 is 13.2 Å². The molecule has 2 aromatic rings. The Hall–Kier alpha value is -1.85. The number of rotatable bonds is 7. The Morgan fingerprint density at radius 1 is 1.05 bits per heavy atom. The molecule has 0 heterocycles. The van der Waals surface area contributed by atoms with Gasteiger partial charge in [0.05, 0.1) is 12.4 Å². The highest BCUT2D eigenvalue weighted by Crippen LogP contribution is 2.19. The molecule has 118 valence electrons. The molecular weight excluding hydrogens is 298 g/mol. The molecule has 0 saturated heterocycles. The van der Waals surface area contributed by atoms with Gasteiger partial charge in [0.2, 0.25) is 10.0 Å². The van der Waals surface area contributed by atoms with E-state index in [0.29, 0.717) is 6.61 Å². The smallest absolute Gasteiger partial charge is 0.216 e. The van der Waals surface area contributed by atoms with Gasteiger partial charge >= 0.3 is 0 Å². The molecule has 0 aromatic heterocycles. The molecule has 2 rings (SSSR count). The number of benzene rings is 2. The number of sulfonamides is 1. The van der Waals surface area contributed by atoms with Gasteiger partial charge in [-0.15, -0.1) is 0 Å². The van der Waals surface area contributed by atoms with Crippen LogP contribution < -0.4 is 9.46 Å². The van der Waals surface area contributed by atoms with Gasteiger partial charge in [-0.2, -0.15) is 0 Å². The first-order valence-corrected chi connectivity index (χ1v) is 8.92. The quantitative estimate of drug-likeness (QED) is 0.852. The second-order valence-electron chi connectivity index (χ2n) is 5.09. The molecule has 0 bridgehead atoms. The number of nitrogens with one attached hydrogen (secondary N) is 1. The third kappa shape index (κ3) is 4.86. The molecule has 0 aliphatic carbocycles. The van der Waals surface area contributed by atoms with E-state index in [9.17, 15) is 8.42 Å². The lowest BCUT2D eigenvalue weighted by molar-refractivity contribution is 0.340. The van der Waals surface area contributed by atoms with Gasteiger partial charge in [-0.3, -0.25) is 0 Å². The Kier molecular flexibility index (Phi) is 5.57. The summed E-state index contributed by atoms with van der Waals surface area (Å²) in [4.78, 5) is 0. The summed E-state index contributed by atoms with van der Waals surface area (Å²) in [5, 5.41) is 0. The standard InChI is InChI=1S/C17H21NO3S/c1-3-21-17-11-9-16(10-12-17)14(2)18-22(19,20)13-15-7-5-4-6-8-15/h4-12,14,18H,3,13H2,1-2H3/t14-/m1/s1. The second kappa shape index (κ2) is 7.42. The Labute approximate surface area is 132 Å². The van der Waals surface area contributed by atoms with E-state index in [2.05, 4.69) is 4.72 Å². The van der Waals surface area contributed by atoms with E-state index in [4.69, 9.17) is 4.74 Å². The molecule has 0 amide bonds. The van der Waals surface area contributed by atoms with Crippen LogP contribution in [0.1, 0.15) is 31.0 Å². The minimum atomic E-state index is -3.38. The second-order valence-corrected chi connectivity index (χ2v) is 6.84. The van der Waals surface area contributed by atoms with Crippen molar-refractivity contribution in [2.75, 3.05) is 6.61 Å². The molecule has 0 spiro atoms. The summed E-state index contributed by atoms with van der Waals surface area (Å²) < 4.78 is 32.5.